The Labute approximate surface area is 177 Å². The second kappa shape index (κ2) is 8.61. The van der Waals surface area contributed by atoms with Crippen LogP contribution in [0.5, 0.6) is 5.75 Å². The van der Waals surface area contributed by atoms with Crippen LogP contribution in [0.3, 0.4) is 0 Å². The van der Waals surface area contributed by atoms with Crippen molar-refractivity contribution in [2.45, 2.75) is 32.8 Å². The first kappa shape index (κ1) is 20.8. The summed E-state index contributed by atoms with van der Waals surface area (Å²) in [6.45, 7) is 5.62. The quantitative estimate of drug-likeness (QED) is 0.514. The van der Waals surface area contributed by atoms with Crippen molar-refractivity contribution in [2.75, 3.05) is 0 Å². The molecule has 29 heavy (non-hydrogen) atoms. The van der Waals surface area contributed by atoms with Crippen molar-refractivity contribution in [1.29, 1.82) is 0 Å². The van der Waals surface area contributed by atoms with Crippen LogP contribution in [0.2, 0.25) is 0 Å². The summed E-state index contributed by atoms with van der Waals surface area (Å²) in [6, 6.07) is 12.8. The molecule has 2 aromatic carbocycles. The number of hydrogen-bond acceptors (Lipinski definition) is 4. The first-order chi connectivity index (χ1) is 13.8. The van der Waals surface area contributed by atoms with E-state index in [-0.39, 0.29) is 17.1 Å². The van der Waals surface area contributed by atoms with Gasteiger partial charge in [0.1, 0.15) is 5.75 Å². The average molecular weight is 457 g/mol. The van der Waals surface area contributed by atoms with E-state index in [4.69, 9.17) is 9.84 Å². The van der Waals surface area contributed by atoms with E-state index in [9.17, 15) is 9.59 Å². The number of carbonyl (C=O) groups is 2. The number of ketones is 1. The minimum absolute atomic E-state index is 0.212. The number of rotatable bonds is 7. The number of benzene rings is 2. The minimum Gasteiger partial charge on any atom is -0.479 e. The summed E-state index contributed by atoms with van der Waals surface area (Å²) in [7, 11) is 0. The highest BCUT2D eigenvalue weighted by molar-refractivity contribution is 9.10. The Hall–Kier alpha value is -2.93. The van der Waals surface area contributed by atoms with Crippen molar-refractivity contribution in [3.05, 3.63) is 76.0 Å². The van der Waals surface area contributed by atoms with Gasteiger partial charge in [-0.05, 0) is 42.7 Å². The van der Waals surface area contributed by atoms with E-state index in [1.807, 2.05) is 24.3 Å². The van der Waals surface area contributed by atoms with Gasteiger partial charge < -0.3 is 9.84 Å². The molecule has 0 aliphatic rings. The van der Waals surface area contributed by atoms with Crippen LogP contribution in [0.4, 0.5) is 0 Å². The molecule has 6 nitrogen and oxygen atoms in total. The number of nitrogens with zero attached hydrogens (tertiary/aromatic N) is 2. The van der Waals surface area contributed by atoms with Crippen LogP contribution in [0.15, 0.2) is 59.3 Å². The second-order valence-electron chi connectivity index (χ2n) is 6.96. The molecule has 0 aliphatic carbocycles. The van der Waals surface area contributed by atoms with Crippen molar-refractivity contribution >= 4 is 27.7 Å². The van der Waals surface area contributed by atoms with Gasteiger partial charge >= 0.3 is 5.97 Å². The van der Waals surface area contributed by atoms with Crippen molar-refractivity contribution in [2.24, 2.45) is 0 Å². The Bertz CT molecular complexity index is 1060. The first-order valence-electron chi connectivity index (χ1n) is 9.15. The highest BCUT2D eigenvalue weighted by atomic mass is 79.9. The van der Waals surface area contributed by atoms with E-state index in [1.165, 1.54) is 13.1 Å². The Morgan fingerprint density at radius 1 is 1.14 bits per heavy atom. The van der Waals surface area contributed by atoms with Gasteiger partial charge in [-0.15, -0.1) is 0 Å². The van der Waals surface area contributed by atoms with Crippen molar-refractivity contribution < 1.29 is 19.4 Å². The number of ether oxygens (including phenoxy) is 1. The molecule has 0 saturated carbocycles. The maximum atomic E-state index is 13.1. The normalized spacial score (nSPS) is 12.0. The number of para-hydroxylation sites is 1. The standard InChI is InChI=1S/C22H21BrN2O4/c1-13(2)17-6-4-5-7-19(17)25-12-15(11-24-25)21(26)18-10-16(23)8-9-20(18)29-14(3)22(27)28/h4-14H,1-3H3,(H,27,28). The van der Waals surface area contributed by atoms with Gasteiger partial charge in [0.15, 0.2) is 11.9 Å². The molecule has 1 unspecified atom stereocenters. The van der Waals surface area contributed by atoms with Gasteiger partial charge in [-0.1, -0.05) is 48.0 Å². The van der Waals surface area contributed by atoms with Gasteiger partial charge in [-0.3, -0.25) is 4.79 Å². The van der Waals surface area contributed by atoms with Crippen LogP contribution in [-0.4, -0.2) is 32.7 Å². The molecule has 1 aromatic heterocycles. The summed E-state index contributed by atoms with van der Waals surface area (Å²) >= 11 is 3.35. The molecule has 7 heteroatoms. The lowest BCUT2D eigenvalue weighted by atomic mass is 10.0. The Balaban J connectivity index is 1.97. The fraction of sp³-hybridized carbons (Fsp3) is 0.227. The molecule has 1 N–H and O–H groups in total. The summed E-state index contributed by atoms with van der Waals surface area (Å²) in [4.78, 5) is 24.3. The van der Waals surface area contributed by atoms with E-state index in [2.05, 4.69) is 34.9 Å². The predicted molar refractivity (Wildman–Crippen MR) is 113 cm³/mol. The summed E-state index contributed by atoms with van der Waals surface area (Å²) in [5.41, 5.74) is 2.68. The zero-order valence-corrected chi connectivity index (χ0v) is 17.9. The fourth-order valence-corrected chi connectivity index (χ4v) is 3.30. The molecule has 0 amide bonds. The molecule has 0 aliphatic heterocycles. The summed E-state index contributed by atoms with van der Waals surface area (Å²) in [6.07, 6.45) is 2.10. The molecule has 3 rings (SSSR count). The third-order valence-corrected chi connectivity index (χ3v) is 4.98. The van der Waals surface area contributed by atoms with E-state index >= 15 is 0 Å². The number of carboxylic acid groups (broad SMARTS) is 1. The smallest absolute Gasteiger partial charge is 0.344 e. The number of carboxylic acids is 1. The monoisotopic (exact) mass is 456 g/mol. The van der Waals surface area contributed by atoms with Crippen LogP contribution >= 0.6 is 15.9 Å². The van der Waals surface area contributed by atoms with Gasteiger partial charge in [0, 0.05) is 10.7 Å². The highest BCUT2D eigenvalue weighted by Gasteiger charge is 2.21. The summed E-state index contributed by atoms with van der Waals surface area (Å²) in [5.74, 6) is -0.892. The van der Waals surface area contributed by atoms with Crippen molar-refractivity contribution in [3.8, 4) is 11.4 Å². The lowest BCUT2D eigenvalue weighted by Crippen LogP contribution is -2.23. The van der Waals surface area contributed by atoms with Crippen LogP contribution < -0.4 is 4.74 Å². The largest absolute Gasteiger partial charge is 0.479 e. The molecule has 0 fully saturated rings. The lowest BCUT2D eigenvalue weighted by Gasteiger charge is -2.14. The molecule has 3 aromatic rings. The van der Waals surface area contributed by atoms with Crippen LogP contribution in [-0.2, 0) is 4.79 Å². The third-order valence-electron chi connectivity index (χ3n) is 4.49. The molecule has 1 heterocycles. The van der Waals surface area contributed by atoms with Crippen LogP contribution in [0.1, 0.15) is 48.2 Å². The molecular weight excluding hydrogens is 436 g/mol. The molecular formula is C22H21BrN2O4. The zero-order valence-electron chi connectivity index (χ0n) is 16.3. The maximum absolute atomic E-state index is 13.1. The van der Waals surface area contributed by atoms with E-state index in [1.54, 1.807) is 29.1 Å². The maximum Gasteiger partial charge on any atom is 0.344 e. The van der Waals surface area contributed by atoms with Crippen molar-refractivity contribution in [3.63, 3.8) is 0 Å². The van der Waals surface area contributed by atoms with Crippen molar-refractivity contribution in [1.82, 2.24) is 9.78 Å². The number of carbonyl (C=O) groups excluding carboxylic acids is 1. The number of hydrogen-bond donors (Lipinski definition) is 1. The predicted octanol–water partition coefficient (Wildman–Crippen LogP) is 4.84. The molecule has 0 saturated heterocycles. The Morgan fingerprint density at radius 3 is 2.55 bits per heavy atom. The number of halogens is 1. The number of aliphatic carboxylic acids is 1. The first-order valence-corrected chi connectivity index (χ1v) is 9.95. The van der Waals surface area contributed by atoms with Gasteiger partial charge in [-0.25, -0.2) is 9.48 Å². The highest BCUT2D eigenvalue weighted by Crippen LogP contribution is 2.28. The second-order valence-corrected chi connectivity index (χ2v) is 7.87. The third kappa shape index (κ3) is 4.56. The lowest BCUT2D eigenvalue weighted by molar-refractivity contribution is -0.144. The van der Waals surface area contributed by atoms with E-state index in [0.29, 0.717) is 16.0 Å². The SMILES string of the molecule is CC(Oc1ccc(Br)cc1C(=O)c1cnn(-c2ccccc2C(C)C)c1)C(=O)O. The average Bonchev–Trinajstić information content (AvgIpc) is 3.18. The topological polar surface area (TPSA) is 81.4 Å². The van der Waals surface area contributed by atoms with E-state index < -0.39 is 12.1 Å². The molecule has 0 radical (unpaired) electrons. The molecule has 150 valence electrons. The molecule has 0 spiro atoms. The zero-order chi connectivity index (χ0) is 21.1. The van der Waals surface area contributed by atoms with Gasteiger partial charge in [0.25, 0.3) is 0 Å². The number of aromatic nitrogens is 2. The minimum atomic E-state index is -1.11. The molecule has 0 bridgehead atoms. The van der Waals surface area contributed by atoms with Crippen LogP contribution in [0.25, 0.3) is 5.69 Å². The van der Waals surface area contributed by atoms with Gasteiger partial charge in [-0.2, -0.15) is 5.10 Å². The summed E-state index contributed by atoms with van der Waals surface area (Å²) < 4.78 is 7.85. The van der Waals surface area contributed by atoms with Gasteiger partial charge in [0.2, 0.25) is 0 Å². The Morgan fingerprint density at radius 2 is 1.86 bits per heavy atom. The van der Waals surface area contributed by atoms with E-state index in [0.717, 1.165) is 11.3 Å². The fourth-order valence-electron chi connectivity index (χ4n) is 2.93. The molecule has 1 atom stereocenters. The Kier molecular flexibility index (Phi) is 6.17. The van der Waals surface area contributed by atoms with Gasteiger partial charge in [0.05, 0.1) is 23.0 Å². The summed E-state index contributed by atoms with van der Waals surface area (Å²) in [5, 5.41) is 13.5. The van der Waals surface area contributed by atoms with Crippen LogP contribution in [0, 0.1) is 0 Å².